The van der Waals surface area contributed by atoms with Gasteiger partial charge in [-0.25, -0.2) is 25.9 Å². The molecule has 4 aliphatic rings. The van der Waals surface area contributed by atoms with Crippen molar-refractivity contribution in [3.05, 3.63) is 148 Å². The molecule has 438 valence electrons. The van der Waals surface area contributed by atoms with Crippen LogP contribution in [0.15, 0.2) is 136 Å². The Labute approximate surface area is 486 Å². The number of sulfonamides is 1. The van der Waals surface area contributed by atoms with Crippen LogP contribution in [0.3, 0.4) is 0 Å². The third-order valence-electron chi connectivity index (χ3n) is 15.6. The molecule has 1 aliphatic carbocycles. The number of amides is 3. The fourth-order valence-corrected chi connectivity index (χ4v) is 14.1. The molecule has 0 spiro atoms. The highest BCUT2D eigenvalue weighted by molar-refractivity contribution is 7.99. The van der Waals surface area contributed by atoms with Crippen molar-refractivity contribution in [1.82, 2.24) is 24.7 Å². The second kappa shape index (κ2) is 25.9. The Kier molecular flexibility index (Phi) is 19.1. The fourth-order valence-electron chi connectivity index (χ4n) is 10.9. The van der Waals surface area contributed by atoms with E-state index in [4.69, 9.17) is 11.6 Å². The number of carbonyl (C=O) groups is 3. The second-order valence-electron chi connectivity index (χ2n) is 22.1. The number of halogens is 5. The summed E-state index contributed by atoms with van der Waals surface area (Å²) < 4.78 is 114. The smallest absolute Gasteiger partial charge is 0.380 e. The van der Waals surface area contributed by atoms with Crippen LogP contribution in [0.2, 0.25) is 5.02 Å². The first-order valence-electron chi connectivity index (χ1n) is 27.3. The Hall–Kier alpha value is -6.01. The van der Waals surface area contributed by atoms with E-state index in [0.29, 0.717) is 87.5 Å². The molecule has 3 amide bonds. The maximum atomic E-state index is 14.5. The lowest BCUT2D eigenvalue weighted by Gasteiger charge is -2.39. The van der Waals surface area contributed by atoms with Crippen LogP contribution < -0.4 is 25.6 Å². The maximum Gasteiger partial charge on any atom is 0.501 e. The van der Waals surface area contributed by atoms with Crippen LogP contribution in [0.4, 0.5) is 34.6 Å². The van der Waals surface area contributed by atoms with Gasteiger partial charge in [-0.1, -0.05) is 61.4 Å². The highest BCUT2D eigenvalue weighted by Crippen LogP contribution is 2.43. The van der Waals surface area contributed by atoms with Gasteiger partial charge in [0.05, 0.1) is 10.6 Å². The van der Waals surface area contributed by atoms with E-state index >= 15 is 0 Å². The van der Waals surface area contributed by atoms with Gasteiger partial charge in [-0.3, -0.25) is 29.5 Å². The van der Waals surface area contributed by atoms with Crippen molar-refractivity contribution in [2.75, 3.05) is 86.7 Å². The Balaban J connectivity index is 0.836. The average molecular weight is 1210 g/mol. The Morgan fingerprint density at radius 1 is 0.793 bits per heavy atom. The number of anilines is 3. The van der Waals surface area contributed by atoms with Gasteiger partial charge in [0.25, 0.3) is 25.8 Å². The van der Waals surface area contributed by atoms with E-state index in [-0.39, 0.29) is 29.1 Å². The van der Waals surface area contributed by atoms with E-state index < -0.39 is 70.6 Å². The van der Waals surface area contributed by atoms with E-state index in [1.165, 1.54) is 52.7 Å². The van der Waals surface area contributed by atoms with Crippen molar-refractivity contribution >= 4 is 83.6 Å². The summed E-state index contributed by atoms with van der Waals surface area (Å²) in [6, 6.07) is 29.0. The van der Waals surface area contributed by atoms with E-state index in [1.807, 2.05) is 47.2 Å². The standard InChI is InChI=1S/C59H67ClF4N8O7S3/c1-58(2)24-22-50(40-8-12-44(60)13-9-40)43(36-58)38-71-30-32-72(33-31-71)47-15-10-41(11-16-47)56(74)68-82(78,79)49-17-19-52(54(35-49)81(76,77)59(62,63)64)65-46(39-80-48-6-4-3-5-7-48)23-25-69-26-28-70(29-27-69)37-42-34-45(61)14-18-51(42)66-53-20-21-55(73)67-57(53)75/h3-19,34-35,46,53,65-66H,20-33,36-39H2,1-2H3,(H,68,74)(H,67,73,75)/t46-,53?/m1/s1. The molecule has 4 N–H and O–H groups in total. The summed E-state index contributed by atoms with van der Waals surface area (Å²) >= 11 is 7.61. The quantitative estimate of drug-likeness (QED) is 0.0329. The van der Waals surface area contributed by atoms with Crippen LogP contribution in [-0.2, 0) is 36.0 Å². The van der Waals surface area contributed by atoms with E-state index in [2.05, 4.69) is 61.5 Å². The zero-order valence-corrected chi connectivity index (χ0v) is 48.8. The summed E-state index contributed by atoms with van der Waals surface area (Å²) in [4.78, 5) is 45.3. The van der Waals surface area contributed by atoms with Crippen molar-refractivity contribution in [3.8, 4) is 0 Å². The molecule has 3 heterocycles. The number of allylic oxidation sites excluding steroid dienone is 1. The van der Waals surface area contributed by atoms with Gasteiger partial charge in [-0.15, -0.1) is 11.8 Å². The summed E-state index contributed by atoms with van der Waals surface area (Å²) in [7, 11) is -11.1. The zero-order valence-electron chi connectivity index (χ0n) is 45.6. The first-order chi connectivity index (χ1) is 39.0. The molecule has 0 saturated carbocycles. The molecule has 1 unspecified atom stereocenters. The predicted octanol–water partition coefficient (Wildman–Crippen LogP) is 9.68. The summed E-state index contributed by atoms with van der Waals surface area (Å²) in [5, 5.41) is 9.20. The largest absolute Gasteiger partial charge is 0.501 e. The number of piperazine rings is 2. The van der Waals surface area contributed by atoms with Crippen LogP contribution in [0.25, 0.3) is 5.57 Å². The number of carbonyl (C=O) groups excluding carboxylic acids is 3. The molecule has 15 nitrogen and oxygen atoms in total. The van der Waals surface area contributed by atoms with Gasteiger partial charge in [0.2, 0.25) is 11.8 Å². The minimum absolute atomic E-state index is 0.0332. The molecule has 0 bridgehead atoms. The highest BCUT2D eigenvalue weighted by Gasteiger charge is 2.48. The number of sulfone groups is 1. The minimum Gasteiger partial charge on any atom is -0.380 e. The SMILES string of the molecule is CC1(C)CCC(c2ccc(Cl)cc2)=C(CN2CCN(c3ccc(C(=O)NS(=O)(=O)c4ccc(N[C@H](CCN5CCN(Cc6cc(F)ccc6NC6CCC(=O)NC6=O)CC5)CSc5ccccc5)c(S(=O)(=O)C(F)(F)F)c4)cc3)CC2)C1. The molecule has 3 fully saturated rings. The van der Waals surface area contributed by atoms with Gasteiger partial charge in [0.1, 0.15) is 16.8 Å². The molecular formula is C59H67ClF4N8O7S3. The van der Waals surface area contributed by atoms with Crippen LogP contribution in [0.5, 0.6) is 0 Å². The Morgan fingerprint density at radius 3 is 2.13 bits per heavy atom. The molecule has 0 aromatic heterocycles. The lowest BCUT2D eigenvalue weighted by Crippen LogP contribution is -2.48. The number of hydrogen-bond acceptors (Lipinski definition) is 14. The molecule has 0 radical (unpaired) electrons. The molecule has 23 heteroatoms. The maximum absolute atomic E-state index is 14.5. The van der Waals surface area contributed by atoms with Gasteiger partial charge in [0.15, 0.2) is 0 Å². The molecule has 3 aliphatic heterocycles. The summed E-state index contributed by atoms with van der Waals surface area (Å²) in [6.45, 7) is 11.6. The minimum atomic E-state index is -6.15. The van der Waals surface area contributed by atoms with Crippen LogP contribution in [-0.4, -0.2) is 138 Å². The summed E-state index contributed by atoms with van der Waals surface area (Å²) in [6.07, 6.45) is 3.92. The van der Waals surface area contributed by atoms with E-state index in [9.17, 15) is 48.8 Å². The fraction of sp³-hybridized carbons (Fsp3) is 0.407. The average Bonchev–Trinajstić information content (AvgIpc) is 3.13. The molecule has 9 rings (SSSR count). The highest BCUT2D eigenvalue weighted by atomic mass is 35.5. The Bertz CT molecular complexity index is 3380. The van der Waals surface area contributed by atoms with Crippen molar-refractivity contribution < 1.29 is 48.8 Å². The van der Waals surface area contributed by atoms with Crippen molar-refractivity contribution in [1.29, 1.82) is 0 Å². The number of imide groups is 1. The normalized spacial score (nSPS) is 19.2. The van der Waals surface area contributed by atoms with Gasteiger partial charge >= 0.3 is 5.51 Å². The molecule has 2 atom stereocenters. The number of piperidine rings is 1. The molecular weight excluding hydrogens is 1140 g/mol. The number of nitrogens with one attached hydrogen (secondary N) is 4. The van der Waals surface area contributed by atoms with Crippen molar-refractivity contribution in [3.63, 3.8) is 0 Å². The summed E-state index contributed by atoms with van der Waals surface area (Å²) in [5.74, 6) is -2.01. The van der Waals surface area contributed by atoms with Gasteiger partial charge in [0, 0.05) is 117 Å². The third-order valence-corrected chi connectivity index (χ3v) is 19.9. The molecule has 82 heavy (non-hydrogen) atoms. The molecule has 5 aromatic carbocycles. The Morgan fingerprint density at radius 2 is 1.45 bits per heavy atom. The molecule has 3 saturated heterocycles. The number of thioether (sulfide) groups is 1. The van der Waals surface area contributed by atoms with E-state index in [0.717, 1.165) is 61.6 Å². The summed E-state index contributed by atoms with van der Waals surface area (Å²) in [5.41, 5.74) is -0.0616. The van der Waals surface area contributed by atoms with Crippen molar-refractivity contribution in [2.24, 2.45) is 5.41 Å². The van der Waals surface area contributed by atoms with Gasteiger partial charge < -0.3 is 20.4 Å². The van der Waals surface area contributed by atoms with Crippen LogP contribution in [0.1, 0.15) is 73.9 Å². The van der Waals surface area contributed by atoms with E-state index in [1.54, 1.807) is 18.2 Å². The molecule has 5 aromatic rings. The lowest BCUT2D eigenvalue weighted by atomic mass is 9.73. The number of alkyl halides is 3. The number of nitrogens with zero attached hydrogens (tertiary/aromatic N) is 4. The second-order valence-corrected chi connectivity index (χ2v) is 27.2. The number of rotatable bonds is 20. The number of benzene rings is 5. The van der Waals surface area contributed by atoms with Crippen molar-refractivity contribution in [2.45, 2.75) is 91.2 Å². The van der Waals surface area contributed by atoms with Gasteiger partial charge in [-0.2, -0.15) is 13.2 Å². The lowest BCUT2D eigenvalue weighted by molar-refractivity contribution is -0.133. The third kappa shape index (κ3) is 15.4. The monoisotopic (exact) mass is 1210 g/mol. The first-order valence-corrected chi connectivity index (χ1v) is 31.7. The van der Waals surface area contributed by atoms with Gasteiger partial charge in [-0.05, 0) is 139 Å². The predicted molar refractivity (Wildman–Crippen MR) is 313 cm³/mol. The number of hydrogen-bond donors (Lipinski definition) is 4. The first kappa shape index (κ1) is 60.6. The van der Waals surface area contributed by atoms with Crippen LogP contribution >= 0.6 is 23.4 Å². The topological polar surface area (TPSA) is 181 Å². The zero-order chi connectivity index (χ0) is 58.4. The van der Waals surface area contributed by atoms with Crippen LogP contribution in [0, 0.1) is 11.2 Å².